The van der Waals surface area contributed by atoms with Gasteiger partial charge in [-0.3, -0.25) is 4.90 Å². The Kier molecular flexibility index (Phi) is 7.29. The maximum atomic E-state index is 6.06. The highest BCUT2D eigenvalue weighted by molar-refractivity contribution is 4.90. The lowest BCUT2D eigenvalue weighted by atomic mass is 9.94. The van der Waals surface area contributed by atoms with Crippen LogP contribution < -0.4 is 5.73 Å². The van der Waals surface area contributed by atoms with E-state index in [1.807, 2.05) is 0 Å². The van der Waals surface area contributed by atoms with Gasteiger partial charge in [-0.15, -0.1) is 0 Å². The molecule has 0 aromatic rings. The third kappa shape index (κ3) is 4.71. The van der Waals surface area contributed by atoms with Crippen LogP contribution in [0, 0.1) is 5.92 Å². The molecule has 4 nitrogen and oxygen atoms in total. The van der Waals surface area contributed by atoms with E-state index in [0.717, 1.165) is 25.4 Å². The Morgan fingerprint density at radius 1 is 1.26 bits per heavy atom. The summed E-state index contributed by atoms with van der Waals surface area (Å²) in [5.74, 6) is 0.882. The van der Waals surface area contributed by atoms with Crippen LogP contribution >= 0.6 is 0 Å². The van der Waals surface area contributed by atoms with E-state index in [2.05, 4.69) is 18.7 Å². The zero-order chi connectivity index (χ0) is 14.3. The Morgan fingerprint density at radius 2 is 1.95 bits per heavy atom. The van der Waals surface area contributed by atoms with Gasteiger partial charge in [-0.25, -0.2) is 0 Å². The lowest BCUT2D eigenvalue weighted by Crippen LogP contribution is -2.54. The Morgan fingerprint density at radius 3 is 2.47 bits per heavy atom. The van der Waals surface area contributed by atoms with Crippen molar-refractivity contribution >= 4 is 0 Å². The number of methoxy groups -OCH3 is 2. The first-order valence-corrected chi connectivity index (χ1v) is 7.60. The van der Waals surface area contributed by atoms with Crippen molar-refractivity contribution in [3.05, 3.63) is 0 Å². The Bertz CT molecular complexity index is 246. The minimum atomic E-state index is -0.168. The molecule has 0 spiro atoms. The summed E-state index contributed by atoms with van der Waals surface area (Å²) in [6.07, 6.45) is 5.87. The lowest BCUT2D eigenvalue weighted by molar-refractivity contribution is -0.128. The van der Waals surface area contributed by atoms with Gasteiger partial charge in [0.25, 0.3) is 0 Å². The number of rotatable bonds is 7. The van der Waals surface area contributed by atoms with Gasteiger partial charge < -0.3 is 15.2 Å². The third-order valence-electron chi connectivity index (χ3n) is 4.76. The molecule has 1 heterocycles. The molecule has 0 amide bonds. The van der Waals surface area contributed by atoms with Gasteiger partial charge in [0.1, 0.15) is 0 Å². The van der Waals surface area contributed by atoms with Crippen LogP contribution in [0.3, 0.4) is 0 Å². The summed E-state index contributed by atoms with van der Waals surface area (Å²) in [7, 11) is 3.39. The molecule has 0 aromatic heterocycles. The van der Waals surface area contributed by atoms with Crippen LogP contribution in [0.4, 0.5) is 0 Å². The molecule has 1 aliphatic heterocycles. The van der Waals surface area contributed by atoms with Gasteiger partial charge in [-0.2, -0.15) is 0 Å². The predicted octanol–water partition coefficient (Wildman–Crippen LogP) is 2.22. The van der Waals surface area contributed by atoms with E-state index in [0.29, 0.717) is 6.54 Å². The van der Waals surface area contributed by atoms with E-state index >= 15 is 0 Å². The number of ether oxygens (including phenoxy) is 2. The van der Waals surface area contributed by atoms with Crippen LogP contribution in [0.5, 0.6) is 0 Å². The number of hydrogen-bond donors (Lipinski definition) is 1. The third-order valence-corrected chi connectivity index (χ3v) is 4.76. The van der Waals surface area contributed by atoms with Gasteiger partial charge in [-0.05, 0) is 45.2 Å². The molecule has 1 saturated heterocycles. The summed E-state index contributed by atoms with van der Waals surface area (Å²) in [6, 6.07) is 0. The number of likely N-dealkylation sites (tertiary alicyclic amines) is 1. The Hall–Kier alpha value is -0.160. The summed E-state index contributed by atoms with van der Waals surface area (Å²) in [5.41, 5.74) is 6.03. The Balaban J connectivity index is 2.66. The van der Waals surface area contributed by atoms with Crippen molar-refractivity contribution in [2.24, 2.45) is 11.7 Å². The zero-order valence-corrected chi connectivity index (χ0v) is 13.2. The first kappa shape index (κ1) is 16.9. The summed E-state index contributed by atoms with van der Waals surface area (Å²) >= 11 is 0. The van der Waals surface area contributed by atoms with Gasteiger partial charge in [-0.1, -0.05) is 13.3 Å². The first-order chi connectivity index (χ1) is 9.09. The molecule has 0 bridgehead atoms. The highest BCUT2D eigenvalue weighted by Gasteiger charge is 2.34. The molecule has 4 heteroatoms. The summed E-state index contributed by atoms with van der Waals surface area (Å²) in [6.45, 7) is 7.47. The molecule has 2 N–H and O–H groups in total. The molecule has 0 saturated carbocycles. The van der Waals surface area contributed by atoms with Crippen LogP contribution in [0.25, 0.3) is 0 Å². The monoisotopic (exact) mass is 272 g/mol. The second-order valence-corrected chi connectivity index (χ2v) is 6.00. The van der Waals surface area contributed by atoms with Gasteiger partial charge in [0, 0.05) is 32.7 Å². The molecule has 19 heavy (non-hydrogen) atoms. The fourth-order valence-corrected chi connectivity index (χ4v) is 3.08. The quantitative estimate of drug-likeness (QED) is 0.722. The van der Waals surface area contributed by atoms with Crippen LogP contribution in [0.15, 0.2) is 0 Å². The van der Waals surface area contributed by atoms with Crippen LogP contribution in [-0.2, 0) is 9.47 Å². The molecule has 0 aliphatic carbocycles. The standard InChI is InChI=1S/C15H32N2O2/c1-5-13-7-6-9-17(10-8-13)15(2,12-16)11-14(18-3)19-4/h13-14H,5-12,16H2,1-4H3. The second-order valence-electron chi connectivity index (χ2n) is 6.00. The molecule has 0 radical (unpaired) electrons. The van der Waals surface area contributed by atoms with E-state index in [1.54, 1.807) is 14.2 Å². The van der Waals surface area contributed by atoms with E-state index in [9.17, 15) is 0 Å². The predicted molar refractivity (Wildman–Crippen MR) is 79.1 cm³/mol. The van der Waals surface area contributed by atoms with Crippen molar-refractivity contribution in [2.45, 2.75) is 57.8 Å². The number of hydrogen-bond acceptors (Lipinski definition) is 4. The summed E-state index contributed by atoms with van der Waals surface area (Å²) < 4.78 is 10.7. The molecule has 1 fully saturated rings. The van der Waals surface area contributed by atoms with Gasteiger partial charge in [0.2, 0.25) is 0 Å². The second kappa shape index (κ2) is 8.20. The number of nitrogens with zero attached hydrogens (tertiary/aromatic N) is 1. The fourth-order valence-electron chi connectivity index (χ4n) is 3.08. The Labute approximate surface area is 118 Å². The van der Waals surface area contributed by atoms with Gasteiger partial charge >= 0.3 is 0 Å². The smallest absolute Gasteiger partial charge is 0.158 e. The highest BCUT2D eigenvalue weighted by Crippen LogP contribution is 2.28. The van der Waals surface area contributed by atoms with Crippen LogP contribution in [0.2, 0.25) is 0 Å². The normalized spacial score (nSPS) is 25.3. The fraction of sp³-hybridized carbons (Fsp3) is 1.00. The summed E-state index contributed by atoms with van der Waals surface area (Å²) in [4.78, 5) is 2.55. The first-order valence-electron chi connectivity index (χ1n) is 7.60. The maximum absolute atomic E-state index is 6.06. The molecule has 1 rings (SSSR count). The highest BCUT2D eigenvalue weighted by atomic mass is 16.7. The molecule has 0 aromatic carbocycles. The largest absolute Gasteiger partial charge is 0.356 e. The topological polar surface area (TPSA) is 47.7 Å². The average molecular weight is 272 g/mol. The van der Waals surface area contributed by atoms with Gasteiger partial charge in [0.15, 0.2) is 6.29 Å². The average Bonchev–Trinajstić information content (AvgIpc) is 2.70. The maximum Gasteiger partial charge on any atom is 0.158 e. The minimum absolute atomic E-state index is 0.0285. The molecular formula is C15H32N2O2. The van der Waals surface area contributed by atoms with Crippen molar-refractivity contribution in [1.29, 1.82) is 0 Å². The van der Waals surface area contributed by atoms with E-state index < -0.39 is 0 Å². The molecule has 2 atom stereocenters. The lowest BCUT2D eigenvalue weighted by Gasteiger charge is -2.41. The molecule has 2 unspecified atom stereocenters. The van der Waals surface area contributed by atoms with Crippen molar-refractivity contribution in [3.63, 3.8) is 0 Å². The minimum Gasteiger partial charge on any atom is -0.356 e. The van der Waals surface area contributed by atoms with Crippen molar-refractivity contribution in [1.82, 2.24) is 4.90 Å². The van der Waals surface area contributed by atoms with Crippen molar-refractivity contribution in [2.75, 3.05) is 33.9 Å². The zero-order valence-electron chi connectivity index (χ0n) is 13.2. The SMILES string of the molecule is CCC1CCCN(C(C)(CN)CC(OC)OC)CC1. The molecular weight excluding hydrogens is 240 g/mol. The van der Waals surface area contributed by atoms with Crippen molar-refractivity contribution in [3.8, 4) is 0 Å². The molecule has 1 aliphatic rings. The summed E-state index contributed by atoms with van der Waals surface area (Å²) in [5, 5.41) is 0. The van der Waals surface area contributed by atoms with E-state index in [1.165, 1.54) is 25.7 Å². The van der Waals surface area contributed by atoms with Crippen molar-refractivity contribution < 1.29 is 9.47 Å². The van der Waals surface area contributed by atoms with E-state index in [-0.39, 0.29) is 11.8 Å². The molecule has 114 valence electrons. The van der Waals surface area contributed by atoms with E-state index in [4.69, 9.17) is 15.2 Å². The van der Waals surface area contributed by atoms with Crippen LogP contribution in [0.1, 0.15) is 46.0 Å². The number of nitrogens with two attached hydrogens (primary N) is 1. The van der Waals surface area contributed by atoms with Crippen LogP contribution in [-0.4, -0.2) is 50.6 Å². The van der Waals surface area contributed by atoms with Gasteiger partial charge in [0.05, 0.1) is 0 Å².